The van der Waals surface area contributed by atoms with E-state index in [1.807, 2.05) is 0 Å². The standard InChI is InChI=1S/C11H16N2O5/c1-6(12-10(16)17-11(2,3)4)7-5-8(9(14)15)18-13-7/h5-6H,1-4H3,(H,12,16)(H,14,15). The number of nitrogens with one attached hydrogen (secondary N) is 1. The fourth-order valence-corrected chi connectivity index (χ4v) is 1.15. The van der Waals surface area contributed by atoms with E-state index in [0.29, 0.717) is 5.69 Å². The molecule has 0 saturated carbocycles. The molecule has 0 aliphatic heterocycles. The summed E-state index contributed by atoms with van der Waals surface area (Å²) in [6.45, 7) is 6.88. The monoisotopic (exact) mass is 256 g/mol. The van der Waals surface area contributed by atoms with Gasteiger partial charge < -0.3 is 19.7 Å². The van der Waals surface area contributed by atoms with Gasteiger partial charge in [-0.3, -0.25) is 0 Å². The number of aromatic carboxylic acids is 1. The first kappa shape index (κ1) is 14.0. The minimum Gasteiger partial charge on any atom is -0.475 e. The number of rotatable bonds is 3. The molecule has 1 rings (SSSR count). The molecule has 0 bridgehead atoms. The van der Waals surface area contributed by atoms with Gasteiger partial charge in [0.2, 0.25) is 5.76 Å². The molecule has 1 amide bonds. The summed E-state index contributed by atoms with van der Waals surface area (Å²) < 4.78 is 9.65. The third-order valence-corrected chi connectivity index (χ3v) is 1.92. The first-order valence-corrected chi connectivity index (χ1v) is 5.38. The molecule has 7 heteroatoms. The Hall–Kier alpha value is -2.05. The van der Waals surface area contributed by atoms with Gasteiger partial charge in [-0.15, -0.1) is 0 Å². The maximum Gasteiger partial charge on any atom is 0.408 e. The number of aromatic nitrogens is 1. The van der Waals surface area contributed by atoms with E-state index in [2.05, 4.69) is 15.0 Å². The highest BCUT2D eigenvalue weighted by Gasteiger charge is 2.21. The number of carboxylic acids is 1. The van der Waals surface area contributed by atoms with Crippen molar-refractivity contribution in [3.63, 3.8) is 0 Å². The predicted octanol–water partition coefficient (Wildman–Crippen LogP) is 1.96. The second-order valence-corrected chi connectivity index (χ2v) is 4.79. The average Bonchev–Trinajstić information content (AvgIpc) is 2.62. The Morgan fingerprint density at radius 2 is 2.11 bits per heavy atom. The van der Waals surface area contributed by atoms with E-state index in [-0.39, 0.29) is 5.76 Å². The number of hydrogen-bond donors (Lipinski definition) is 2. The molecule has 0 fully saturated rings. The van der Waals surface area contributed by atoms with Gasteiger partial charge in [-0.1, -0.05) is 5.16 Å². The molecule has 100 valence electrons. The van der Waals surface area contributed by atoms with Crippen LogP contribution in [0.15, 0.2) is 10.6 Å². The molecule has 1 atom stereocenters. The Kier molecular flexibility index (Phi) is 3.95. The highest BCUT2D eigenvalue weighted by atomic mass is 16.6. The molecule has 18 heavy (non-hydrogen) atoms. The van der Waals surface area contributed by atoms with Gasteiger partial charge in [0.25, 0.3) is 0 Å². The number of ether oxygens (including phenoxy) is 1. The van der Waals surface area contributed by atoms with Crippen molar-refractivity contribution in [2.75, 3.05) is 0 Å². The average molecular weight is 256 g/mol. The first-order chi connectivity index (χ1) is 8.19. The van der Waals surface area contributed by atoms with E-state index < -0.39 is 23.7 Å². The van der Waals surface area contributed by atoms with Gasteiger partial charge in [-0.05, 0) is 27.7 Å². The second-order valence-electron chi connectivity index (χ2n) is 4.79. The van der Waals surface area contributed by atoms with Gasteiger partial charge in [0, 0.05) is 6.07 Å². The van der Waals surface area contributed by atoms with Gasteiger partial charge in [-0.2, -0.15) is 0 Å². The van der Waals surface area contributed by atoms with Gasteiger partial charge in [0.1, 0.15) is 11.3 Å². The van der Waals surface area contributed by atoms with Crippen LogP contribution in [0.2, 0.25) is 0 Å². The topological polar surface area (TPSA) is 102 Å². The van der Waals surface area contributed by atoms with Crippen LogP contribution in [-0.4, -0.2) is 27.9 Å². The van der Waals surface area contributed by atoms with Gasteiger partial charge in [0.05, 0.1) is 6.04 Å². The second kappa shape index (κ2) is 5.07. The van der Waals surface area contributed by atoms with Crippen molar-refractivity contribution in [2.24, 2.45) is 0 Å². The summed E-state index contributed by atoms with van der Waals surface area (Å²) >= 11 is 0. The van der Waals surface area contributed by atoms with Crippen LogP contribution in [0, 0.1) is 0 Å². The van der Waals surface area contributed by atoms with Crippen molar-refractivity contribution in [2.45, 2.75) is 39.3 Å². The van der Waals surface area contributed by atoms with E-state index in [0.717, 1.165) is 0 Å². The molecule has 0 saturated heterocycles. The molecule has 1 aromatic heterocycles. The molecular formula is C11H16N2O5. The quantitative estimate of drug-likeness (QED) is 0.857. The first-order valence-electron chi connectivity index (χ1n) is 5.38. The molecule has 1 aromatic rings. The molecule has 0 aromatic carbocycles. The van der Waals surface area contributed by atoms with E-state index in [1.54, 1.807) is 27.7 Å². The largest absolute Gasteiger partial charge is 0.475 e. The zero-order valence-corrected chi connectivity index (χ0v) is 10.7. The Morgan fingerprint density at radius 3 is 2.56 bits per heavy atom. The van der Waals surface area contributed by atoms with Crippen molar-refractivity contribution < 1.29 is 24.0 Å². The molecule has 1 unspecified atom stereocenters. The molecule has 0 aliphatic rings. The summed E-state index contributed by atoms with van der Waals surface area (Å²) in [5, 5.41) is 14.8. The summed E-state index contributed by atoms with van der Waals surface area (Å²) in [5.41, 5.74) is -0.280. The maximum atomic E-state index is 11.5. The summed E-state index contributed by atoms with van der Waals surface area (Å²) in [6, 6.07) is 0.751. The van der Waals surface area contributed by atoms with Crippen LogP contribution in [0.4, 0.5) is 4.79 Å². The number of nitrogens with zero attached hydrogens (tertiary/aromatic N) is 1. The number of amides is 1. The van der Waals surface area contributed by atoms with E-state index in [4.69, 9.17) is 9.84 Å². The zero-order chi connectivity index (χ0) is 13.9. The van der Waals surface area contributed by atoms with Crippen molar-refractivity contribution in [1.29, 1.82) is 0 Å². The van der Waals surface area contributed by atoms with Gasteiger partial charge in [0.15, 0.2) is 0 Å². The fraction of sp³-hybridized carbons (Fsp3) is 0.545. The number of carboxylic acid groups (broad SMARTS) is 1. The van der Waals surface area contributed by atoms with Crippen molar-refractivity contribution in [3.8, 4) is 0 Å². The van der Waals surface area contributed by atoms with Crippen LogP contribution < -0.4 is 5.32 Å². The Morgan fingerprint density at radius 1 is 1.50 bits per heavy atom. The van der Waals surface area contributed by atoms with Crippen LogP contribution in [0.5, 0.6) is 0 Å². The van der Waals surface area contributed by atoms with Crippen LogP contribution in [-0.2, 0) is 4.74 Å². The highest BCUT2D eigenvalue weighted by molar-refractivity contribution is 5.84. The summed E-state index contributed by atoms with van der Waals surface area (Å²) in [5.74, 6) is -1.49. The van der Waals surface area contributed by atoms with Crippen molar-refractivity contribution in [1.82, 2.24) is 10.5 Å². The Bertz CT molecular complexity index is 447. The minimum atomic E-state index is -1.21. The molecule has 1 heterocycles. The number of hydrogen-bond acceptors (Lipinski definition) is 5. The summed E-state index contributed by atoms with van der Waals surface area (Å²) in [7, 11) is 0. The van der Waals surface area contributed by atoms with E-state index in [1.165, 1.54) is 6.07 Å². The smallest absolute Gasteiger partial charge is 0.408 e. The Balaban J connectivity index is 2.62. The lowest BCUT2D eigenvalue weighted by Crippen LogP contribution is -2.34. The summed E-state index contributed by atoms with van der Waals surface area (Å²) in [6.07, 6.45) is -0.602. The SMILES string of the molecule is CC(NC(=O)OC(C)(C)C)c1cc(C(=O)O)on1. The van der Waals surface area contributed by atoms with E-state index >= 15 is 0 Å². The number of alkyl carbamates (subject to hydrolysis) is 1. The fourth-order valence-electron chi connectivity index (χ4n) is 1.15. The van der Waals surface area contributed by atoms with Crippen molar-refractivity contribution in [3.05, 3.63) is 17.5 Å². The lowest BCUT2D eigenvalue weighted by atomic mass is 10.2. The highest BCUT2D eigenvalue weighted by Crippen LogP contribution is 2.14. The van der Waals surface area contributed by atoms with Crippen LogP contribution in [0.25, 0.3) is 0 Å². The molecule has 0 spiro atoms. The third-order valence-electron chi connectivity index (χ3n) is 1.92. The molecular weight excluding hydrogens is 240 g/mol. The molecule has 0 radical (unpaired) electrons. The zero-order valence-electron chi connectivity index (χ0n) is 10.7. The maximum absolute atomic E-state index is 11.5. The minimum absolute atomic E-state index is 0.275. The lowest BCUT2D eigenvalue weighted by molar-refractivity contribution is 0.0505. The number of carbonyl (C=O) groups excluding carboxylic acids is 1. The molecule has 2 N–H and O–H groups in total. The number of carbonyl (C=O) groups is 2. The van der Waals surface area contributed by atoms with Gasteiger partial charge in [-0.25, -0.2) is 9.59 Å². The molecule has 0 aliphatic carbocycles. The molecule has 7 nitrogen and oxygen atoms in total. The third kappa shape index (κ3) is 4.08. The van der Waals surface area contributed by atoms with Crippen LogP contribution in [0.3, 0.4) is 0 Å². The summed E-state index contributed by atoms with van der Waals surface area (Å²) in [4.78, 5) is 22.1. The predicted molar refractivity (Wildman–Crippen MR) is 61.2 cm³/mol. The van der Waals surface area contributed by atoms with Crippen LogP contribution in [0.1, 0.15) is 50.0 Å². The van der Waals surface area contributed by atoms with E-state index in [9.17, 15) is 9.59 Å². The van der Waals surface area contributed by atoms with Gasteiger partial charge >= 0.3 is 12.1 Å². The lowest BCUT2D eigenvalue weighted by Gasteiger charge is -2.21. The van der Waals surface area contributed by atoms with Crippen LogP contribution >= 0.6 is 0 Å². The Labute approximate surface area is 104 Å². The normalized spacial score (nSPS) is 12.9. The van der Waals surface area contributed by atoms with Crippen molar-refractivity contribution >= 4 is 12.1 Å².